The van der Waals surface area contributed by atoms with E-state index in [4.69, 9.17) is 10.2 Å². The van der Waals surface area contributed by atoms with E-state index in [2.05, 4.69) is 6.58 Å². The molecule has 52 valence electrons. The maximum atomic E-state index is 10.1. The van der Waals surface area contributed by atoms with Crippen LogP contribution in [0.2, 0.25) is 0 Å². The van der Waals surface area contributed by atoms with Crippen LogP contribution in [0.25, 0.3) is 0 Å². The minimum Gasteiger partial charge on any atom is -0.478 e. The third kappa shape index (κ3) is 2.28. The van der Waals surface area contributed by atoms with Crippen LogP contribution in [0, 0.1) is 5.92 Å². The maximum Gasteiger partial charge on any atom is 0.331 e. The lowest BCUT2D eigenvalue weighted by molar-refractivity contribution is -0.133. The molecular weight excluding hydrogens is 120 g/mol. The predicted octanol–water partition coefficient (Wildman–Crippen LogP) is 0.256. The maximum absolute atomic E-state index is 10.1. The standard InChI is InChI=1S/C6H10O3/c1-4(3-7)5(2)6(8)9/h4,7H,2-3H2,1H3,(H,8,9). The summed E-state index contributed by atoms with van der Waals surface area (Å²) in [6.07, 6.45) is 0. The normalized spacial score (nSPS) is 12.7. The van der Waals surface area contributed by atoms with Crippen LogP contribution >= 0.6 is 0 Å². The molecule has 0 aliphatic carbocycles. The molecule has 0 amide bonds. The zero-order valence-corrected chi connectivity index (χ0v) is 5.29. The molecular formula is C6H10O3. The van der Waals surface area contributed by atoms with Crippen molar-refractivity contribution >= 4 is 5.97 Å². The van der Waals surface area contributed by atoms with Crippen LogP contribution in [0.3, 0.4) is 0 Å². The van der Waals surface area contributed by atoms with E-state index in [0.717, 1.165) is 0 Å². The highest BCUT2D eigenvalue weighted by Crippen LogP contribution is 2.05. The van der Waals surface area contributed by atoms with E-state index in [1.165, 1.54) is 0 Å². The zero-order valence-electron chi connectivity index (χ0n) is 5.29. The van der Waals surface area contributed by atoms with E-state index in [-0.39, 0.29) is 18.1 Å². The number of carbonyl (C=O) groups is 1. The Morgan fingerprint density at radius 3 is 2.33 bits per heavy atom. The molecule has 1 unspecified atom stereocenters. The molecule has 0 aliphatic rings. The number of aliphatic carboxylic acids is 1. The smallest absolute Gasteiger partial charge is 0.331 e. The van der Waals surface area contributed by atoms with Crippen molar-refractivity contribution in [2.75, 3.05) is 6.61 Å². The lowest BCUT2D eigenvalue weighted by atomic mass is 10.1. The number of aliphatic hydroxyl groups is 1. The highest BCUT2D eigenvalue weighted by atomic mass is 16.4. The fourth-order valence-corrected chi connectivity index (χ4v) is 0.321. The van der Waals surface area contributed by atoms with Gasteiger partial charge in [0.15, 0.2) is 0 Å². The van der Waals surface area contributed by atoms with E-state index < -0.39 is 5.97 Å². The second-order valence-corrected chi connectivity index (χ2v) is 1.91. The van der Waals surface area contributed by atoms with E-state index in [1.807, 2.05) is 0 Å². The van der Waals surface area contributed by atoms with Crippen molar-refractivity contribution < 1.29 is 15.0 Å². The third-order valence-electron chi connectivity index (χ3n) is 1.14. The summed E-state index contributed by atoms with van der Waals surface area (Å²) < 4.78 is 0. The SMILES string of the molecule is C=C(C(=O)O)C(C)CO. The monoisotopic (exact) mass is 130 g/mol. The third-order valence-corrected chi connectivity index (χ3v) is 1.14. The van der Waals surface area contributed by atoms with Crippen molar-refractivity contribution in [2.45, 2.75) is 6.92 Å². The van der Waals surface area contributed by atoms with Gasteiger partial charge < -0.3 is 10.2 Å². The highest BCUT2D eigenvalue weighted by Gasteiger charge is 2.10. The number of hydrogen-bond acceptors (Lipinski definition) is 2. The molecule has 0 heterocycles. The zero-order chi connectivity index (χ0) is 7.44. The molecule has 0 radical (unpaired) electrons. The molecule has 0 saturated heterocycles. The quantitative estimate of drug-likeness (QED) is 0.538. The van der Waals surface area contributed by atoms with E-state index in [0.29, 0.717) is 0 Å². The van der Waals surface area contributed by atoms with Crippen molar-refractivity contribution in [1.29, 1.82) is 0 Å². The largest absolute Gasteiger partial charge is 0.478 e. The van der Waals surface area contributed by atoms with Crippen LogP contribution in [0.1, 0.15) is 6.92 Å². The van der Waals surface area contributed by atoms with Crippen LogP contribution in [0.4, 0.5) is 0 Å². The van der Waals surface area contributed by atoms with Gasteiger partial charge in [-0.2, -0.15) is 0 Å². The summed E-state index contributed by atoms with van der Waals surface area (Å²) in [5.74, 6) is -1.39. The van der Waals surface area contributed by atoms with Crippen molar-refractivity contribution in [1.82, 2.24) is 0 Å². The topological polar surface area (TPSA) is 57.5 Å². The highest BCUT2D eigenvalue weighted by molar-refractivity contribution is 5.86. The van der Waals surface area contributed by atoms with Crippen LogP contribution in [0.5, 0.6) is 0 Å². The first-order valence-electron chi connectivity index (χ1n) is 2.62. The van der Waals surface area contributed by atoms with Gasteiger partial charge in [0.25, 0.3) is 0 Å². The van der Waals surface area contributed by atoms with Gasteiger partial charge in [0, 0.05) is 18.1 Å². The molecule has 9 heavy (non-hydrogen) atoms. The number of carboxylic acids is 1. The van der Waals surface area contributed by atoms with Crippen LogP contribution in [-0.4, -0.2) is 22.8 Å². The lowest BCUT2D eigenvalue weighted by Gasteiger charge is -2.04. The molecule has 1 atom stereocenters. The summed E-state index contributed by atoms with van der Waals surface area (Å²) >= 11 is 0. The summed E-state index contributed by atoms with van der Waals surface area (Å²) in [6, 6.07) is 0. The number of hydrogen-bond donors (Lipinski definition) is 2. The van der Waals surface area contributed by atoms with Gasteiger partial charge in [0.1, 0.15) is 0 Å². The Kier molecular flexibility index (Phi) is 2.95. The summed E-state index contributed by atoms with van der Waals surface area (Å²) in [4.78, 5) is 10.1. The van der Waals surface area contributed by atoms with Gasteiger partial charge in [0.05, 0.1) is 0 Å². The Hall–Kier alpha value is -0.830. The lowest BCUT2D eigenvalue weighted by Crippen LogP contribution is -2.11. The van der Waals surface area contributed by atoms with Gasteiger partial charge in [-0.05, 0) is 0 Å². The van der Waals surface area contributed by atoms with Gasteiger partial charge in [-0.1, -0.05) is 13.5 Å². The first-order chi connectivity index (χ1) is 4.09. The summed E-state index contributed by atoms with van der Waals surface area (Å²) in [6.45, 7) is 4.71. The van der Waals surface area contributed by atoms with Crippen LogP contribution < -0.4 is 0 Å². The molecule has 2 N–H and O–H groups in total. The van der Waals surface area contributed by atoms with Crippen molar-refractivity contribution in [3.63, 3.8) is 0 Å². The van der Waals surface area contributed by atoms with Crippen molar-refractivity contribution in [3.8, 4) is 0 Å². The van der Waals surface area contributed by atoms with E-state index >= 15 is 0 Å². The minimum atomic E-state index is -1.04. The second kappa shape index (κ2) is 3.25. The molecule has 0 rings (SSSR count). The number of carboxylic acid groups (broad SMARTS) is 1. The fourth-order valence-electron chi connectivity index (χ4n) is 0.321. The Bertz CT molecular complexity index is 128. The van der Waals surface area contributed by atoms with Crippen LogP contribution in [-0.2, 0) is 4.79 Å². The number of aliphatic hydroxyl groups excluding tert-OH is 1. The molecule has 0 fully saturated rings. The van der Waals surface area contributed by atoms with Gasteiger partial charge >= 0.3 is 5.97 Å². The Balaban J connectivity index is 3.88. The fraction of sp³-hybridized carbons (Fsp3) is 0.500. The molecule has 0 aliphatic heterocycles. The molecule has 3 heteroatoms. The van der Waals surface area contributed by atoms with Gasteiger partial charge in [-0.3, -0.25) is 0 Å². The van der Waals surface area contributed by atoms with Gasteiger partial charge in [-0.15, -0.1) is 0 Å². The Labute approximate surface area is 53.6 Å². The van der Waals surface area contributed by atoms with E-state index in [9.17, 15) is 4.79 Å². The van der Waals surface area contributed by atoms with Crippen LogP contribution in [0.15, 0.2) is 12.2 Å². The summed E-state index contributed by atoms with van der Waals surface area (Å²) in [7, 11) is 0. The minimum absolute atomic E-state index is 0.0532. The second-order valence-electron chi connectivity index (χ2n) is 1.91. The average Bonchev–Trinajstić information content (AvgIpc) is 1.84. The molecule has 0 aromatic heterocycles. The molecule has 0 aromatic carbocycles. The molecule has 3 nitrogen and oxygen atoms in total. The van der Waals surface area contributed by atoms with Gasteiger partial charge in [0.2, 0.25) is 0 Å². The number of rotatable bonds is 3. The van der Waals surface area contributed by atoms with Crippen molar-refractivity contribution in [3.05, 3.63) is 12.2 Å². The first-order valence-corrected chi connectivity index (χ1v) is 2.62. The summed E-state index contributed by atoms with van der Waals surface area (Å²) in [5.41, 5.74) is 0.0532. The Morgan fingerprint density at radius 1 is 1.78 bits per heavy atom. The molecule has 0 saturated carbocycles. The van der Waals surface area contributed by atoms with E-state index in [1.54, 1.807) is 6.92 Å². The molecule has 0 bridgehead atoms. The predicted molar refractivity (Wildman–Crippen MR) is 33.0 cm³/mol. The first kappa shape index (κ1) is 8.17. The van der Waals surface area contributed by atoms with Crippen molar-refractivity contribution in [2.24, 2.45) is 5.92 Å². The Morgan fingerprint density at radius 2 is 2.22 bits per heavy atom. The molecule has 0 spiro atoms. The summed E-state index contributed by atoms with van der Waals surface area (Å²) in [5, 5.41) is 16.7. The van der Waals surface area contributed by atoms with Gasteiger partial charge in [-0.25, -0.2) is 4.79 Å². The average molecular weight is 130 g/mol. The molecule has 0 aromatic rings.